The number of carbonyl (C=O) groups is 1. The second kappa shape index (κ2) is 7.76. The molecule has 1 aliphatic heterocycles. The van der Waals surface area contributed by atoms with Crippen LogP contribution in [0.4, 0.5) is 19.0 Å². The molecular formula is C22H16F3N7O. The van der Waals surface area contributed by atoms with E-state index in [9.17, 15) is 18.0 Å². The molecule has 2 aromatic heterocycles. The molecule has 0 radical (unpaired) electrons. The SMILES string of the molecule is Cc1nc2c(c(C(F)(F)F)n1)CC(=O)N2Cc1ccc(-c2ccccc2-c2nnn[nH]2)cc1. The highest BCUT2D eigenvalue weighted by molar-refractivity contribution is 6.00. The summed E-state index contributed by atoms with van der Waals surface area (Å²) in [5.74, 6) is 0.0776. The minimum Gasteiger partial charge on any atom is -0.292 e. The molecule has 0 spiro atoms. The lowest BCUT2D eigenvalue weighted by atomic mass is 9.98. The predicted molar refractivity (Wildman–Crippen MR) is 112 cm³/mol. The first-order chi connectivity index (χ1) is 15.8. The Morgan fingerprint density at radius 1 is 1.03 bits per heavy atom. The number of tetrazole rings is 1. The zero-order valence-corrected chi connectivity index (χ0v) is 17.3. The van der Waals surface area contributed by atoms with Crippen LogP contribution in [0.3, 0.4) is 0 Å². The number of aromatic nitrogens is 6. The van der Waals surface area contributed by atoms with E-state index in [0.29, 0.717) is 5.82 Å². The zero-order chi connectivity index (χ0) is 23.2. The monoisotopic (exact) mass is 451 g/mol. The Labute approximate surface area is 185 Å². The number of amides is 1. The molecule has 1 aliphatic rings. The van der Waals surface area contributed by atoms with Crippen LogP contribution in [0.2, 0.25) is 0 Å². The Morgan fingerprint density at radius 3 is 2.42 bits per heavy atom. The van der Waals surface area contributed by atoms with Gasteiger partial charge in [-0.25, -0.2) is 15.1 Å². The Kier molecular flexibility index (Phi) is 4.88. The number of H-pyrrole nitrogens is 1. The van der Waals surface area contributed by atoms with Crippen LogP contribution in [0.5, 0.6) is 0 Å². The fourth-order valence-electron chi connectivity index (χ4n) is 3.92. The van der Waals surface area contributed by atoms with Gasteiger partial charge in [0.2, 0.25) is 5.91 Å². The van der Waals surface area contributed by atoms with Gasteiger partial charge < -0.3 is 0 Å². The number of fused-ring (bicyclic) bond motifs is 1. The minimum absolute atomic E-state index is 0.0204. The Bertz CT molecular complexity index is 1340. The predicted octanol–water partition coefficient (Wildman–Crippen LogP) is 3.74. The number of alkyl halides is 3. The largest absolute Gasteiger partial charge is 0.433 e. The molecule has 8 nitrogen and oxygen atoms in total. The van der Waals surface area contributed by atoms with Crippen LogP contribution < -0.4 is 4.90 Å². The van der Waals surface area contributed by atoms with E-state index in [1.165, 1.54) is 11.8 Å². The number of aryl methyl sites for hydroxylation is 1. The van der Waals surface area contributed by atoms with Gasteiger partial charge >= 0.3 is 6.18 Å². The average Bonchev–Trinajstić information content (AvgIpc) is 3.42. The summed E-state index contributed by atoms with van der Waals surface area (Å²) < 4.78 is 40.2. The van der Waals surface area contributed by atoms with Gasteiger partial charge in [0, 0.05) is 11.1 Å². The van der Waals surface area contributed by atoms with E-state index < -0.39 is 17.8 Å². The molecule has 11 heteroatoms. The highest BCUT2D eigenvalue weighted by Crippen LogP contribution is 2.38. The van der Waals surface area contributed by atoms with Gasteiger partial charge in [-0.1, -0.05) is 48.5 Å². The first-order valence-corrected chi connectivity index (χ1v) is 9.99. The number of hydrogen-bond acceptors (Lipinski definition) is 6. The van der Waals surface area contributed by atoms with Crippen molar-refractivity contribution < 1.29 is 18.0 Å². The third-order valence-corrected chi connectivity index (χ3v) is 5.38. The van der Waals surface area contributed by atoms with Crippen molar-refractivity contribution >= 4 is 11.7 Å². The van der Waals surface area contributed by atoms with E-state index in [0.717, 1.165) is 22.3 Å². The fourth-order valence-corrected chi connectivity index (χ4v) is 3.92. The minimum atomic E-state index is -4.65. The number of halogens is 3. The van der Waals surface area contributed by atoms with Crippen LogP contribution >= 0.6 is 0 Å². The molecule has 5 rings (SSSR count). The molecule has 1 N–H and O–H groups in total. The van der Waals surface area contributed by atoms with Gasteiger partial charge in [-0.3, -0.25) is 9.69 Å². The molecule has 0 aliphatic carbocycles. The lowest BCUT2D eigenvalue weighted by molar-refractivity contribution is -0.141. The van der Waals surface area contributed by atoms with Gasteiger partial charge in [-0.05, 0) is 34.0 Å². The van der Waals surface area contributed by atoms with Crippen LogP contribution in [0.25, 0.3) is 22.5 Å². The second-order valence-corrected chi connectivity index (χ2v) is 7.57. The number of carbonyl (C=O) groups excluding carboxylic acids is 1. The highest BCUT2D eigenvalue weighted by atomic mass is 19.4. The van der Waals surface area contributed by atoms with Crippen LogP contribution in [-0.2, 0) is 23.9 Å². The Morgan fingerprint density at radius 2 is 1.76 bits per heavy atom. The molecular weight excluding hydrogens is 435 g/mol. The maximum absolute atomic E-state index is 13.4. The number of nitrogens with zero attached hydrogens (tertiary/aromatic N) is 6. The maximum Gasteiger partial charge on any atom is 0.433 e. The summed E-state index contributed by atoms with van der Waals surface area (Å²) >= 11 is 0. The molecule has 0 atom stereocenters. The number of anilines is 1. The van der Waals surface area contributed by atoms with Crippen LogP contribution in [0, 0.1) is 6.92 Å². The summed E-state index contributed by atoms with van der Waals surface area (Å²) in [6, 6.07) is 15.0. The Hall–Kier alpha value is -4.15. The average molecular weight is 451 g/mol. The van der Waals surface area contributed by atoms with Gasteiger partial charge in [0.15, 0.2) is 11.5 Å². The van der Waals surface area contributed by atoms with Crippen molar-refractivity contribution in [2.45, 2.75) is 26.1 Å². The van der Waals surface area contributed by atoms with Crippen molar-refractivity contribution in [2.24, 2.45) is 0 Å². The highest BCUT2D eigenvalue weighted by Gasteiger charge is 2.42. The number of aromatic amines is 1. The summed E-state index contributed by atoms with van der Waals surface area (Å²) in [7, 11) is 0. The summed E-state index contributed by atoms with van der Waals surface area (Å²) in [6.07, 6.45) is -5.02. The van der Waals surface area contributed by atoms with Gasteiger partial charge in [0.25, 0.3) is 0 Å². The third kappa shape index (κ3) is 3.81. The van der Waals surface area contributed by atoms with Crippen LogP contribution in [0.15, 0.2) is 48.5 Å². The van der Waals surface area contributed by atoms with Crippen molar-refractivity contribution in [3.05, 3.63) is 71.2 Å². The van der Waals surface area contributed by atoms with E-state index in [1.807, 2.05) is 48.5 Å². The molecule has 0 saturated heterocycles. The molecule has 33 heavy (non-hydrogen) atoms. The molecule has 0 fully saturated rings. The van der Waals surface area contributed by atoms with Crippen molar-refractivity contribution in [3.63, 3.8) is 0 Å². The standard InChI is InChI=1S/C22H16F3N7O/c1-12-26-19(22(23,24)25)17-10-18(33)32(21(17)27-12)11-13-6-8-14(9-7-13)15-4-2-3-5-16(15)20-28-30-31-29-20/h2-9H,10-11H2,1H3,(H,28,29,30,31). The van der Waals surface area contributed by atoms with Crippen LogP contribution in [0.1, 0.15) is 22.6 Å². The van der Waals surface area contributed by atoms with Gasteiger partial charge in [0.1, 0.15) is 11.6 Å². The zero-order valence-electron chi connectivity index (χ0n) is 17.3. The number of hydrogen-bond donors (Lipinski definition) is 1. The first-order valence-electron chi connectivity index (χ1n) is 9.99. The van der Waals surface area contributed by atoms with Crippen molar-refractivity contribution in [1.82, 2.24) is 30.6 Å². The maximum atomic E-state index is 13.4. The molecule has 0 bridgehead atoms. The fraction of sp³-hybridized carbons (Fsp3) is 0.182. The third-order valence-electron chi connectivity index (χ3n) is 5.38. The van der Waals surface area contributed by atoms with E-state index in [4.69, 9.17) is 0 Å². The van der Waals surface area contributed by atoms with Gasteiger partial charge in [0.05, 0.1) is 13.0 Å². The number of nitrogens with one attached hydrogen (secondary N) is 1. The van der Waals surface area contributed by atoms with E-state index >= 15 is 0 Å². The number of rotatable bonds is 4. The Balaban J connectivity index is 1.45. The molecule has 4 aromatic rings. The van der Waals surface area contributed by atoms with Crippen molar-refractivity contribution in [2.75, 3.05) is 4.90 Å². The van der Waals surface area contributed by atoms with E-state index in [1.54, 1.807) is 0 Å². The smallest absolute Gasteiger partial charge is 0.292 e. The molecule has 2 aromatic carbocycles. The van der Waals surface area contributed by atoms with Crippen molar-refractivity contribution in [3.8, 4) is 22.5 Å². The number of benzene rings is 2. The molecule has 0 saturated carbocycles. The van der Waals surface area contributed by atoms with E-state index in [2.05, 4.69) is 30.6 Å². The van der Waals surface area contributed by atoms with E-state index in [-0.39, 0.29) is 30.2 Å². The topological polar surface area (TPSA) is 101 Å². The van der Waals surface area contributed by atoms with Crippen molar-refractivity contribution in [1.29, 1.82) is 0 Å². The summed E-state index contributed by atoms with van der Waals surface area (Å²) in [5.41, 5.74) is 2.16. The second-order valence-electron chi connectivity index (χ2n) is 7.57. The molecule has 0 unspecified atom stereocenters. The molecule has 166 valence electrons. The molecule has 3 heterocycles. The lowest BCUT2D eigenvalue weighted by Crippen LogP contribution is -2.26. The lowest BCUT2D eigenvalue weighted by Gasteiger charge is -2.18. The first kappa shape index (κ1) is 20.7. The van der Waals surface area contributed by atoms with Gasteiger partial charge in [-0.2, -0.15) is 13.2 Å². The quantitative estimate of drug-likeness (QED) is 0.507. The van der Waals surface area contributed by atoms with Crippen LogP contribution in [-0.4, -0.2) is 36.5 Å². The summed E-state index contributed by atoms with van der Waals surface area (Å²) in [6.45, 7) is 1.49. The molecule has 1 amide bonds. The van der Waals surface area contributed by atoms with Gasteiger partial charge in [-0.15, -0.1) is 5.10 Å². The summed E-state index contributed by atoms with van der Waals surface area (Å²) in [5, 5.41) is 14.0. The summed E-state index contributed by atoms with van der Waals surface area (Å²) in [4.78, 5) is 21.5. The normalized spacial score (nSPS) is 13.5.